The summed E-state index contributed by atoms with van der Waals surface area (Å²) >= 11 is 3.46. The van der Waals surface area contributed by atoms with Crippen LogP contribution in [0.4, 0.5) is 5.69 Å². The lowest BCUT2D eigenvalue weighted by molar-refractivity contribution is -0.0250. The molecule has 1 saturated heterocycles. The maximum atomic E-state index is 6.57. The summed E-state index contributed by atoms with van der Waals surface area (Å²) in [6, 6.07) is 12.0. The first-order chi connectivity index (χ1) is 14.8. The fourth-order valence-electron chi connectivity index (χ4n) is 3.66. The van der Waals surface area contributed by atoms with Gasteiger partial charge in [-0.05, 0) is 69.8 Å². The number of hydrogen-bond acceptors (Lipinski definition) is 6. The fraction of sp³-hybridized carbons (Fsp3) is 0.333. The van der Waals surface area contributed by atoms with Gasteiger partial charge in [0, 0.05) is 19.6 Å². The number of hydrogen-bond donors (Lipinski definition) is 1. The molecule has 0 atom stereocenters. The van der Waals surface area contributed by atoms with E-state index < -0.39 is 0 Å². The Morgan fingerprint density at radius 3 is 2.33 bits per heavy atom. The SMILES string of the molecule is Nc1ccccc1OC/C=C\CN1CCC(OC(c2ccsc2)c2ccsc2)CC1. The molecule has 2 N–H and O–H groups in total. The van der Waals surface area contributed by atoms with E-state index in [1.54, 1.807) is 22.7 Å². The lowest BCUT2D eigenvalue weighted by Gasteiger charge is -2.33. The molecule has 1 aliphatic rings. The summed E-state index contributed by atoms with van der Waals surface area (Å²) in [5.41, 5.74) is 9.10. The van der Waals surface area contributed by atoms with Gasteiger partial charge in [0.15, 0.2) is 0 Å². The van der Waals surface area contributed by atoms with Crippen LogP contribution >= 0.6 is 22.7 Å². The van der Waals surface area contributed by atoms with Crippen LogP contribution in [0.2, 0.25) is 0 Å². The number of nitrogens with two attached hydrogens (primary N) is 1. The Hall–Kier alpha value is -2.12. The topological polar surface area (TPSA) is 47.7 Å². The van der Waals surface area contributed by atoms with E-state index in [0.717, 1.165) is 38.2 Å². The molecule has 4 nitrogen and oxygen atoms in total. The first kappa shape index (κ1) is 21.1. The molecular weight excluding hydrogens is 412 g/mol. The summed E-state index contributed by atoms with van der Waals surface area (Å²) in [4.78, 5) is 2.47. The van der Waals surface area contributed by atoms with Gasteiger partial charge < -0.3 is 15.2 Å². The summed E-state index contributed by atoms with van der Waals surface area (Å²) in [7, 11) is 0. The Kier molecular flexibility index (Phi) is 7.59. The van der Waals surface area contributed by atoms with Crippen LogP contribution < -0.4 is 10.5 Å². The van der Waals surface area contributed by atoms with Gasteiger partial charge in [-0.25, -0.2) is 0 Å². The zero-order chi connectivity index (χ0) is 20.6. The van der Waals surface area contributed by atoms with Crippen LogP contribution in [0.1, 0.15) is 30.1 Å². The monoisotopic (exact) mass is 440 g/mol. The minimum absolute atomic E-state index is 0.0570. The Morgan fingerprint density at radius 1 is 1.00 bits per heavy atom. The number of ether oxygens (including phenoxy) is 2. The number of anilines is 1. The van der Waals surface area contributed by atoms with Crippen molar-refractivity contribution < 1.29 is 9.47 Å². The van der Waals surface area contributed by atoms with Crippen LogP contribution in [-0.4, -0.2) is 37.2 Å². The van der Waals surface area contributed by atoms with Crippen molar-refractivity contribution in [1.29, 1.82) is 0 Å². The van der Waals surface area contributed by atoms with E-state index in [4.69, 9.17) is 15.2 Å². The molecule has 1 aromatic carbocycles. The van der Waals surface area contributed by atoms with Crippen molar-refractivity contribution in [3.8, 4) is 5.75 Å². The highest BCUT2D eigenvalue weighted by Crippen LogP contribution is 2.32. The van der Waals surface area contributed by atoms with Crippen molar-refractivity contribution >= 4 is 28.4 Å². The molecule has 0 aliphatic carbocycles. The second-order valence-electron chi connectivity index (χ2n) is 7.45. The number of nitrogens with zero attached hydrogens (tertiary/aromatic N) is 1. The third-order valence-corrected chi connectivity index (χ3v) is 6.74. The van der Waals surface area contributed by atoms with E-state index in [1.807, 2.05) is 24.3 Å². The molecular formula is C24H28N2O2S2. The second-order valence-corrected chi connectivity index (χ2v) is 9.01. The van der Waals surface area contributed by atoms with Gasteiger partial charge in [-0.15, -0.1) is 0 Å². The first-order valence-electron chi connectivity index (χ1n) is 10.3. The highest BCUT2D eigenvalue weighted by molar-refractivity contribution is 7.08. The van der Waals surface area contributed by atoms with Crippen LogP contribution in [0.5, 0.6) is 5.75 Å². The zero-order valence-electron chi connectivity index (χ0n) is 17.0. The summed E-state index contributed by atoms with van der Waals surface area (Å²) in [6.07, 6.45) is 6.74. The molecule has 0 bridgehead atoms. The van der Waals surface area contributed by atoms with Crippen LogP contribution in [0.25, 0.3) is 0 Å². The summed E-state index contributed by atoms with van der Waals surface area (Å²) in [5.74, 6) is 0.742. The number of rotatable bonds is 9. The second kappa shape index (κ2) is 10.8. The lowest BCUT2D eigenvalue weighted by Crippen LogP contribution is -2.37. The molecule has 0 amide bonds. The van der Waals surface area contributed by atoms with E-state index in [0.29, 0.717) is 18.4 Å². The number of thiophene rings is 2. The quantitative estimate of drug-likeness (QED) is 0.348. The van der Waals surface area contributed by atoms with Gasteiger partial charge in [0.1, 0.15) is 18.5 Å². The number of piperidine rings is 1. The molecule has 4 rings (SSSR count). The molecule has 6 heteroatoms. The Labute approximate surface area is 186 Å². The average molecular weight is 441 g/mol. The molecule has 3 heterocycles. The average Bonchev–Trinajstić information content (AvgIpc) is 3.49. The molecule has 0 unspecified atom stereocenters. The summed E-state index contributed by atoms with van der Waals surface area (Å²) in [5, 5.41) is 8.66. The summed E-state index contributed by atoms with van der Waals surface area (Å²) in [6.45, 7) is 3.60. The van der Waals surface area contributed by atoms with E-state index in [9.17, 15) is 0 Å². The third-order valence-electron chi connectivity index (χ3n) is 5.34. The zero-order valence-corrected chi connectivity index (χ0v) is 18.6. The first-order valence-corrected chi connectivity index (χ1v) is 12.2. The van der Waals surface area contributed by atoms with Crippen molar-refractivity contribution in [3.63, 3.8) is 0 Å². The molecule has 3 aromatic rings. The standard InChI is InChI=1S/C24H28N2O2S2/c25-22-5-1-2-6-23(22)27-14-4-3-11-26-12-7-21(8-13-26)28-24(19-9-15-29-17-19)20-10-16-30-18-20/h1-6,9-10,15-18,21,24H,7-8,11-14,25H2/b4-3-. The predicted octanol–water partition coefficient (Wildman–Crippen LogP) is 5.60. The van der Waals surface area contributed by atoms with Gasteiger partial charge in [0.25, 0.3) is 0 Å². The van der Waals surface area contributed by atoms with E-state index in [2.05, 4.69) is 50.7 Å². The van der Waals surface area contributed by atoms with Gasteiger partial charge in [0.05, 0.1) is 11.8 Å². The van der Waals surface area contributed by atoms with Gasteiger partial charge in [-0.3, -0.25) is 4.90 Å². The van der Waals surface area contributed by atoms with Crippen molar-refractivity contribution in [1.82, 2.24) is 4.90 Å². The van der Waals surface area contributed by atoms with Crippen LogP contribution in [0.15, 0.2) is 70.1 Å². The third kappa shape index (κ3) is 5.73. The van der Waals surface area contributed by atoms with Crippen LogP contribution in [0, 0.1) is 0 Å². The van der Waals surface area contributed by atoms with Crippen LogP contribution in [0.3, 0.4) is 0 Å². The molecule has 0 spiro atoms. The largest absolute Gasteiger partial charge is 0.487 e. The predicted molar refractivity (Wildman–Crippen MR) is 127 cm³/mol. The van der Waals surface area contributed by atoms with E-state index >= 15 is 0 Å². The van der Waals surface area contributed by atoms with Crippen molar-refractivity contribution in [3.05, 3.63) is 81.2 Å². The molecule has 1 aliphatic heterocycles. The highest BCUT2D eigenvalue weighted by Gasteiger charge is 2.24. The van der Waals surface area contributed by atoms with Crippen LogP contribution in [-0.2, 0) is 4.74 Å². The van der Waals surface area contributed by atoms with E-state index in [1.165, 1.54) is 11.1 Å². The van der Waals surface area contributed by atoms with Gasteiger partial charge in [0.2, 0.25) is 0 Å². The molecule has 30 heavy (non-hydrogen) atoms. The fourth-order valence-corrected chi connectivity index (χ4v) is 5.01. The Morgan fingerprint density at radius 2 is 1.70 bits per heavy atom. The number of benzene rings is 1. The minimum Gasteiger partial charge on any atom is -0.487 e. The van der Waals surface area contributed by atoms with E-state index in [-0.39, 0.29) is 6.10 Å². The molecule has 0 saturated carbocycles. The molecule has 158 valence electrons. The Bertz CT molecular complexity index is 867. The van der Waals surface area contributed by atoms with Crippen molar-refractivity contribution in [2.45, 2.75) is 25.0 Å². The maximum Gasteiger partial charge on any atom is 0.142 e. The van der Waals surface area contributed by atoms with Crippen molar-refractivity contribution in [2.75, 3.05) is 32.0 Å². The number of likely N-dealkylation sites (tertiary alicyclic amines) is 1. The lowest BCUT2D eigenvalue weighted by atomic mass is 10.0. The van der Waals surface area contributed by atoms with Gasteiger partial charge in [-0.1, -0.05) is 24.3 Å². The number of nitrogen functional groups attached to an aromatic ring is 1. The summed E-state index contributed by atoms with van der Waals surface area (Å²) < 4.78 is 12.3. The highest BCUT2D eigenvalue weighted by atomic mass is 32.1. The normalized spacial score (nSPS) is 15.9. The minimum atomic E-state index is 0.0570. The molecule has 1 fully saturated rings. The van der Waals surface area contributed by atoms with Crippen molar-refractivity contribution in [2.24, 2.45) is 0 Å². The maximum absolute atomic E-state index is 6.57. The molecule has 2 aromatic heterocycles. The van der Waals surface area contributed by atoms with Gasteiger partial charge >= 0.3 is 0 Å². The molecule has 0 radical (unpaired) electrons. The number of para-hydroxylation sites is 2. The van der Waals surface area contributed by atoms with Gasteiger partial charge in [-0.2, -0.15) is 22.7 Å². The Balaban J connectivity index is 1.20. The smallest absolute Gasteiger partial charge is 0.142 e.